The Morgan fingerprint density at radius 2 is 1.92 bits per heavy atom. The van der Waals surface area contributed by atoms with E-state index in [0.717, 1.165) is 24.3 Å². The van der Waals surface area contributed by atoms with E-state index in [-0.39, 0.29) is 18.0 Å². The Kier molecular flexibility index (Phi) is 4.93. The Bertz CT molecular complexity index is 680. The van der Waals surface area contributed by atoms with Gasteiger partial charge in [-0.25, -0.2) is 9.18 Å². The summed E-state index contributed by atoms with van der Waals surface area (Å²) >= 11 is 0. The van der Waals surface area contributed by atoms with Gasteiger partial charge in [-0.05, 0) is 43.3 Å². The first-order valence-electron chi connectivity index (χ1n) is 8.01. The lowest BCUT2D eigenvalue weighted by Crippen LogP contribution is -2.43. The maximum absolute atomic E-state index is 12.9. The summed E-state index contributed by atoms with van der Waals surface area (Å²) in [5.41, 5.74) is 1.54. The van der Waals surface area contributed by atoms with Gasteiger partial charge in [0.15, 0.2) is 0 Å². The lowest BCUT2D eigenvalue weighted by molar-refractivity contribution is 0.115. The van der Waals surface area contributed by atoms with E-state index in [9.17, 15) is 9.18 Å². The monoisotopic (exact) mass is 329 g/mol. The van der Waals surface area contributed by atoms with Crippen LogP contribution in [-0.4, -0.2) is 35.1 Å². The fourth-order valence-corrected chi connectivity index (χ4v) is 2.63. The van der Waals surface area contributed by atoms with Gasteiger partial charge in [0.25, 0.3) is 0 Å². The summed E-state index contributed by atoms with van der Waals surface area (Å²) in [7, 11) is 0. The van der Waals surface area contributed by atoms with Gasteiger partial charge >= 0.3 is 6.03 Å². The topological polar surface area (TPSA) is 54.5 Å². The van der Waals surface area contributed by atoms with Gasteiger partial charge in [-0.3, -0.25) is 4.98 Å². The molecule has 2 amide bonds. The number of ether oxygens (including phenoxy) is 1. The highest BCUT2D eigenvalue weighted by Crippen LogP contribution is 2.19. The molecule has 0 spiro atoms. The van der Waals surface area contributed by atoms with Crippen LogP contribution in [0.2, 0.25) is 0 Å². The summed E-state index contributed by atoms with van der Waals surface area (Å²) in [6.07, 6.45) is 3.35. The average molecular weight is 329 g/mol. The number of amides is 2. The number of pyridine rings is 1. The van der Waals surface area contributed by atoms with Gasteiger partial charge < -0.3 is 15.0 Å². The molecule has 1 aliphatic heterocycles. The van der Waals surface area contributed by atoms with Crippen LogP contribution in [-0.2, 0) is 0 Å². The van der Waals surface area contributed by atoms with Gasteiger partial charge in [0.1, 0.15) is 17.7 Å². The number of benzene rings is 1. The molecule has 5 nitrogen and oxygen atoms in total. The predicted octanol–water partition coefficient (Wildman–Crippen LogP) is 3.60. The van der Waals surface area contributed by atoms with E-state index < -0.39 is 0 Å². The van der Waals surface area contributed by atoms with E-state index in [1.54, 1.807) is 23.2 Å². The molecule has 6 heteroatoms. The van der Waals surface area contributed by atoms with Crippen molar-refractivity contribution in [1.29, 1.82) is 0 Å². The fraction of sp³-hybridized carbons (Fsp3) is 0.333. The van der Waals surface area contributed by atoms with E-state index in [1.807, 2.05) is 19.1 Å². The summed E-state index contributed by atoms with van der Waals surface area (Å²) in [5.74, 6) is 0.436. The van der Waals surface area contributed by atoms with Crippen LogP contribution >= 0.6 is 0 Å². The van der Waals surface area contributed by atoms with Gasteiger partial charge in [0.05, 0.1) is 6.20 Å². The van der Waals surface area contributed by atoms with Gasteiger partial charge in [0.2, 0.25) is 0 Å². The third kappa shape index (κ3) is 4.22. The van der Waals surface area contributed by atoms with Crippen LogP contribution in [0.1, 0.15) is 18.5 Å². The van der Waals surface area contributed by atoms with Gasteiger partial charge in [0, 0.05) is 37.3 Å². The number of likely N-dealkylation sites (tertiary alicyclic amines) is 1. The maximum Gasteiger partial charge on any atom is 0.321 e. The average Bonchev–Trinajstić information content (AvgIpc) is 2.59. The molecule has 1 fully saturated rings. The molecule has 0 aliphatic carbocycles. The Morgan fingerprint density at radius 1 is 1.21 bits per heavy atom. The highest BCUT2D eigenvalue weighted by molar-refractivity contribution is 5.89. The Labute approximate surface area is 140 Å². The molecule has 1 aliphatic rings. The number of halogens is 1. The molecular formula is C18H20FN3O2. The fourth-order valence-electron chi connectivity index (χ4n) is 2.63. The second-order valence-corrected chi connectivity index (χ2v) is 5.88. The molecule has 1 N–H and O–H groups in total. The highest BCUT2D eigenvalue weighted by Gasteiger charge is 2.24. The second-order valence-electron chi connectivity index (χ2n) is 5.88. The van der Waals surface area contributed by atoms with E-state index in [0.29, 0.717) is 18.8 Å². The maximum atomic E-state index is 12.9. The molecule has 126 valence electrons. The number of carbonyl (C=O) groups excluding carboxylic acids is 1. The van der Waals surface area contributed by atoms with Crippen LogP contribution in [0.15, 0.2) is 42.6 Å². The van der Waals surface area contributed by atoms with Crippen LogP contribution in [0.4, 0.5) is 14.9 Å². The zero-order chi connectivity index (χ0) is 16.9. The number of piperidine rings is 1. The number of urea groups is 1. The quantitative estimate of drug-likeness (QED) is 0.936. The summed E-state index contributed by atoms with van der Waals surface area (Å²) in [5, 5.41) is 2.78. The molecule has 0 bridgehead atoms. The molecule has 2 aromatic rings. The summed E-state index contributed by atoms with van der Waals surface area (Å²) in [4.78, 5) is 18.2. The van der Waals surface area contributed by atoms with Gasteiger partial charge in [-0.15, -0.1) is 0 Å². The Morgan fingerprint density at radius 3 is 2.54 bits per heavy atom. The number of rotatable bonds is 3. The van der Waals surface area contributed by atoms with Crippen molar-refractivity contribution in [2.75, 3.05) is 18.4 Å². The van der Waals surface area contributed by atoms with Crippen LogP contribution in [0.3, 0.4) is 0 Å². The van der Waals surface area contributed by atoms with Crippen molar-refractivity contribution < 1.29 is 13.9 Å². The normalized spacial score (nSPS) is 15.2. The zero-order valence-corrected chi connectivity index (χ0v) is 13.5. The molecule has 24 heavy (non-hydrogen) atoms. The summed E-state index contributed by atoms with van der Waals surface area (Å²) in [6.45, 7) is 3.18. The van der Waals surface area contributed by atoms with Crippen LogP contribution < -0.4 is 10.1 Å². The summed E-state index contributed by atoms with van der Waals surface area (Å²) < 4.78 is 18.8. The molecule has 2 heterocycles. The number of aryl methyl sites for hydroxylation is 1. The first-order valence-corrected chi connectivity index (χ1v) is 8.01. The van der Waals surface area contributed by atoms with Crippen molar-refractivity contribution in [3.8, 4) is 5.75 Å². The largest absolute Gasteiger partial charge is 0.489 e. The van der Waals surface area contributed by atoms with Crippen molar-refractivity contribution in [3.63, 3.8) is 0 Å². The minimum atomic E-state index is -0.323. The molecule has 0 saturated carbocycles. The number of aromatic nitrogens is 1. The molecule has 0 unspecified atom stereocenters. The number of hydrogen-bond acceptors (Lipinski definition) is 3. The molecule has 3 rings (SSSR count). The van der Waals surface area contributed by atoms with Crippen LogP contribution in [0, 0.1) is 12.7 Å². The van der Waals surface area contributed by atoms with E-state index >= 15 is 0 Å². The number of nitrogens with one attached hydrogen (secondary N) is 1. The molecule has 1 aromatic carbocycles. The number of hydrogen-bond donors (Lipinski definition) is 1. The van der Waals surface area contributed by atoms with E-state index in [2.05, 4.69) is 10.3 Å². The first-order chi connectivity index (χ1) is 11.6. The van der Waals surface area contributed by atoms with Crippen molar-refractivity contribution in [2.24, 2.45) is 0 Å². The minimum absolute atomic E-state index is 0.0874. The molecule has 1 saturated heterocycles. The number of nitrogens with zero attached hydrogens (tertiary/aromatic N) is 2. The van der Waals surface area contributed by atoms with E-state index in [1.165, 1.54) is 12.1 Å². The highest BCUT2D eigenvalue weighted by atomic mass is 19.1. The number of carbonyl (C=O) groups is 1. The van der Waals surface area contributed by atoms with Crippen molar-refractivity contribution in [3.05, 3.63) is 54.1 Å². The lowest BCUT2D eigenvalue weighted by atomic mass is 10.1. The smallest absolute Gasteiger partial charge is 0.321 e. The van der Waals surface area contributed by atoms with Gasteiger partial charge in [-0.2, -0.15) is 0 Å². The SMILES string of the molecule is Cc1ccc(OC2CCN(C(=O)Nc3ccc(F)cc3)CC2)cn1. The van der Waals surface area contributed by atoms with Crippen LogP contribution in [0.5, 0.6) is 5.75 Å². The van der Waals surface area contributed by atoms with Gasteiger partial charge in [-0.1, -0.05) is 0 Å². The summed E-state index contributed by atoms with van der Waals surface area (Å²) in [6, 6.07) is 9.41. The van der Waals surface area contributed by atoms with Crippen molar-refractivity contribution in [1.82, 2.24) is 9.88 Å². The lowest BCUT2D eigenvalue weighted by Gasteiger charge is -2.32. The third-order valence-electron chi connectivity index (χ3n) is 4.01. The zero-order valence-electron chi connectivity index (χ0n) is 13.5. The Balaban J connectivity index is 1.48. The standard InChI is InChI=1S/C18H20FN3O2/c1-13-2-7-17(12-20-13)24-16-8-10-22(11-9-16)18(23)21-15-5-3-14(19)4-6-15/h2-7,12,16H,8-11H2,1H3,(H,21,23). The van der Waals surface area contributed by atoms with E-state index in [4.69, 9.17) is 4.74 Å². The van der Waals surface area contributed by atoms with Crippen molar-refractivity contribution >= 4 is 11.7 Å². The molecular weight excluding hydrogens is 309 g/mol. The minimum Gasteiger partial charge on any atom is -0.489 e. The predicted molar refractivity (Wildman–Crippen MR) is 89.6 cm³/mol. The van der Waals surface area contributed by atoms with Crippen molar-refractivity contribution in [2.45, 2.75) is 25.9 Å². The molecule has 0 atom stereocenters. The van der Waals surface area contributed by atoms with Crippen LogP contribution in [0.25, 0.3) is 0 Å². The number of anilines is 1. The Hall–Kier alpha value is -2.63. The first kappa shape index (κ1) is 16.2. The third-order valence-corrected chi connectivity index (χ3v) is 4.01. The second kappa shape index (κ2) is 7.29. The molecule has 1 aromatic heterocycles. The molecule has 0 radical (unpaired) electrons.